The van der Waals surface area contributed by atoms with E-state index in [1.165, 1.54) is 16.3 Å². The molecule has 0 N–H and O–H groups in total. The standard InChI is InChI=1S/C7H19NO3Si/c1-9-7(10-2)8(11-3)5-4-6-12/h7H,4-6H2,1-3,12H3. The lowest BCUT2D eigenvalue weighted by molar-refractivity contribution is -0.313. The summed E-state index contributed by atoms with van der Waals surface area (Å²) in [7, 11) is 6.05. The van der Waals surface area contributed by atoms with Crippen LogP contribution in [0.1, 0.15) is 6.42 Å². The summed E-state index contributed by atoms with van der Waals surface area (Å²) in [6, 6.07) is 1.26. The van der Waals surface area contributed by atoms with E-state index in [0.717, 1.165) is 13.0 Å². The van der Waals surface area contributed by atoms with Gasteiger partial charge in [0.15, 0.2) is 0 Å². The first-order valence-corrected chi connectivity index (χ1v) is 5.57. The van der Waals surface area contributed by atoms with E-state index in [9.17, 15) is 0 Å². The molecule has 0 spiro atoms. The minimum atomic E-state index is -0.386. The van der Waals surface area contributed by atoms with E-state index in [1.54, 1.807) is 26.4 Å². The van der Waals surface area contributed by atoms with Crippen molar-refractivity contribution in [3.05, 3.63) is 0 Å². The molecule has 0 aliphatic carbocycles. The van der Waals surface area contributed by atoms with Gasteiger partial charge in [-0.05, 0) is 6.42 Å². The van der Waals surface area contributed by atoms with E-state index < -0.39 is 0 Å². The Balaban J connectivity index is 3.75. The zero-order valence-electron chi connectivity index (χ0n) is 8.37. The van der Waals surface area contributed by atoms with Gasteiger partial charge < -0.3 is 9.47 Å². The molecule has 0 saturated heterocycles. The van der Waals surface area contributed by atoms with Crippen molar-refractivity contribution in [3.8, 4) is 0 Å². The minimum Gasteiger partial charge on any atom is -0.342 e. The molecule has 74 valence electrons. The van der Waals surface area contributed by atoms with E-state index in [4.69, 9.17) is 14.3 Å². The lowest BCUT2D eigenvalue weighted by atomic mass is 10.5. The largest absolute Gasteiger partial charge is 0.342 e. The number of nitrogens with zero attached hydrogens (tertiary/aromatic N) is 1. The first-order chi connectivity index (χ1) is 5.79. The Kier molecular flexibility index (Phi) is 7.73. The Bertz CT molecular complexity index is 101. The third kappa shape index (κ3) is 4.17. The van der Waals surface area contributed by atoms with Crippen molar-refractivity contribution in [1.29, 1.82) is 0 Å². The molecule has 0 aromatic rings. The zero-order valence-corrected chi connectivity index (χ0v) is 10.4. The highest BCUT2D eigenvalue weighted by molar-refractivity contribution is 6.08. The van der Waals surface area contributed by atoms with Gasteiger partial charge in [0.1, 0.15) is 0 Å². The highest BCUT2D eigenvalue weighted by Crippen LogP contribution is 2.03. The Morgan fingerprint density at radius 2 is 1.83 bits per heavy atom. The molecule has 0 amide bonds. The molecule has 0 aromatic carbocycles. The van der Waals surface area contributed by atoms with Crippen molar-refractivity contribution >= 4 is 10.2 Å². The topological polar surface area (TPSA) is 30.9 Å². The number of ether oxygens (including phenoxy) is 2. The second-order valence-electron chi connectivity index (χ2n) is 2.46. The molecule has 0 saturated carbocycles. The summed E-state index contributed by atoms with van der Waals surface area (Å²) < 4.78 is 10.1. The zero-order chi connectivity index (χ0) is 9.40. The van der Waals surface area contributed by atoms with Crippen molar-refractivity contribution in [1.82, 2.24) is 5.06 Å². The fraction of sp³-hybridized carbons (Fsp3) is 1.00. The van der Waals surface area contributed by atoms with Crippen LogP contribution in [0.4, 0.5) is 0 Å². The van der Waals surface area contributed by atoms with Gasteiger partial charge in [0.25, 0.3) is 0 Å². The smallest absolute Gasteiger partial charge is 0.240 e. The number of hydroxylamine groups is 2. The third-order valence-corrected chi connectivity index (χ3v) is 2.31. The average molecular weight is 193 g/mol. The van der Waals surface area contributed by atoms with Crippen LogP contribution in [0.5, 0.6) is 0 Å². The maximum atomic E-state index is 5.10. The van der Waals surface area contributed by atoms with Crippen LogP contribution in [0.3, 0.4) is 0 Å². The van der Waals surface area contributed by atoms with E-state index in [0.29, 0.717) is 0 Å². The Hall–Kier alpha value is 0.0569. The minimum absolute atomic E-state index is 0.386. The van der Waals surface area contributed by atoms with Crippen molar-refractivity contribution in [2.75, 3.05) is 27.9 Å². The van der Waals surface area contributed by atoms with Gasteiger partial charge in [0.05, 0.1) is 7.11 Å². The van der Waals surface area contributed by atoms with Gasteiger partial charge in [-0.2, -0.15) is 0 Å². The fourth-order valence-corrected chi connectivity index (χ4v) is 1.24. The molecule has 0 aromatic heterocycles. The molecular weight excluding hydrogens is 174 g/mol. The van der Waals surface area contributed by atoms with Crippen molar-refractivity contribution in [2.45, 2.75) is 18.9 Å². The molecule has 0 rings (SSSR count). The Labute approximate surface area is 77.2 Å². The van der Waals surface area contributed by atoms with Crippen LogP contribution < -0.4 is 0 Å². The molecule has 12 heavy (non-hydrogen) atoms. The van der Waals surface area contributed by atoms with Crippen LogP contribution in [0.15, 0.2) is 0 Å². The number of hydrogen-bond donors (Lipinski definition) is 0. The monoisotopic (exact) mass is 193 g/mol. The SMILES string of the molecule is COC(OC)N(CCC[SiH3])OC. The predicted octanol–water partition coefficient (Wildman–Crippen LogP) is -0.400. The van der Waals surface area contributed by atoms with Gasteiger partial charge in [-0.1, -0.05) is 6.04 Å². The van der Waals surface area contributed by atoms with E-state index in [2.05, 4.69) is 0 Å². The van der Waals surface area contributed by atoms with Crippen LogP contribution in [0.2, 0.25) is 6.04 Å². The summed E-state index contributed by atoms with van der Waals surface area (Å²) in [5, 5.41) is 1.69. The predicted molar refractivity (Wildman–Crippen MR) is 50.9 cm³/mol. The molecule has 0 radical (unpaired) electrons. The van der Waals surface area contributed by atoms with Gasteiger partial charge in [-0.25, -0.2) is 0 Å². The van der Waals surface area contributed by atoms with Gasteiger partial charge >= 0.3 is 0 Å². The van der Waals surface area contributed by atoms with Crippen LogP contribution in [-0.2, 0) is 14.3 Å². The Morgan fingerprint density at radius 1 is 1.25 bits per heavy atom. The molecule has 4 nitrogen and oxygen atoms in total. The molecule has 5 heteroatoms. The summed E-state index contributed by atoms with van der Waals surface area (Å²) in [6.45, 7) is 0.854. The lowest BCUT2D eigenvalue weighted by Gasteiger charge is -2.26. The summed E-state index contributed by atoms with van der Waals surface area (Å²) in [5.74, 6) is 0. The lowest BCUT2D eigenvalue weighted by Crippen LogP contribution is -2.37. The highest BCUT2D eigenvalue weighted by Gasteiger charge is 2.15. The van der Waals surface area contributed by atoms with Crippen molar-refractivity contribution in [2.24, 2.45) is 0 Å². The molecule has 0 heterocycles. The van der Waals surface area contributed by atoms with E-state index >= 15 is 0 Å². The van der Waals surface area contributed by atoms with Crippen LogP contribution >= 0.6 is 0 Å². The molecule has 0 aliphatic heterocycles. The van der Waals surface area contributed by atoms with Gasteiger partial charge in [-0.15, -0.1) is 5.06 Å². The average Bonchev–Trinajstić information content (AvgIpc) is 2.12. The normalized spacial score (nSPS) is 11.8. The molecular formula is C7H19NO3Si. The number of hydrogen-bond acceptors (Lipinski definition) is 4. The second kappa shape index (κ2) is 7.69. The first kappa shape index (κ1) is 12.1. The summed E-state index contributed by atoms with van der Waals surface area (Å²) in [4.78, 5) is 5.10. The maximum Gasteiger partial charge on any atom is 0.240 e. The maximum absolute atomic E-state index is 5.10. The summed E-state index contributed by atoms with van der Waals surface area (Å²) in [5.41, 5.74) is 0. The third-order valence-electron chi connectivity index (χ3n) is 1.60. The first-order valence-electron chi connectivity index (χ1n) is 4.16. The van der Waals surface area contributed by atoms with Gasteiger partial charge in [0.2, 0.25) is 6.41 Å². The summed E-state index contributed by atoms with van der Waals surface area (Å²) >= 11 is 0. The van der Waals surface area contributed by atoms with Gasteiger partial charge in [-0.3, -0.25) is 4.84 Å². The van der Waals surface area contributed by atoms with Crippen LogP contribution in [0.25, 0.3) is 0 Å². The van der Waals surface area contributed by atoms with Crippen LogP contribution in [0, 0.1) is 0 Å². The van der Waals surface area contributed by atoms with Crippen LogP contribution in [-0.4, -0.2) is 49.6 Å². The quantitative estimate of drug-likeness (QED) is 0.313. The fourth-order valence-electron chi connectivity index (χ4n) is 0.928. The van der Waals surface area contributed by atoms with Crippen molar-refractivity contribution in [3.63, 3.8) is 0 Å². The molecule has 0 atom stereocenters. The Morgan fingerprint density at radius 3 is 2.17 bits per heavy atom. The molecule has 0 aliphatic rings. The second-order valence-corrected chi connectivity index (χ2v) is 3.46. The number of methoxy groups -OCH3 is 2. The molecule has 0 fully saturated rings. The molecule has 0 unspecified atom stereocenters. The number of rotatable bonds is 7. The highest BCUT2D eigenvalue weighted by atomic mass is 28.1. The van der Waals surface area contributed by atoms with Crippen molar-refractivity contribution < 1.29 is 14.3 Å². The van der Waals surface area contributed by atoms with E-state index in [-0.39, 0.29) is 6.41 Å². The molecule has 0 bridgehead atoms. The van der Waals surface area contributed by atoms with E-state index in [1.807, 2.05) is 0 Å². The summed E-state index contributed by atoms with van der Waals surface area (Å²) in [6.07, 6.45) is 0.742. The van der Waals surface area contributed by atoms with Gasteiger partial charge in [0, 0.05) is 31.0 Å².